The molecule has 9 heteroatoms. The predicted molar refractivity (Wildman–Crippen MR) is 126 cm³/mol. The maximum Gasteiger partial charge on any atom is 0.262 e. The highest BCUT2D eigenvalue weighted by Crippen LogP contribution is 2.27. The molecule has 3 aromatic rings. The molecule has 0 fully saturated rings. The lowest BCUT2D eigenvalue weighted by atomic mass is 10.2. The molecule has 0 saturated carbocycles. The van der Waals surface area contributed by atoms with Crippen molar-refractivity contribution < 1.29 is 27.4 Å². The zero-order chi connectivity index (χ0) is 23.8. The molecule has 0 aromatic heterocycles. The summed E-state index contributed by atoms with van der Waals surface area (Å²) >= 11 is 0. The summed E-state index contributed by atoms with van der Waals surface area (Å²) in [6, 6.07) is 19.7. The highest BCUT2D eigenvalue weighted by Gasteiger charge is 2.18. The second-order valence-corrected chi connectivity index (χ2v) is 8.74. The van der Waals surface area contributed by atoms with E-state index in [4.69, 9.17) is 14.2 Å². The number of carbonyl (C=O) groups is 1. The first kappa shape index (κ1) is 23.9. The lowest BCUT2D eigenvalue weighted by molar-refractivity contribution is 0.0773. The number of nitrogens with one attached hydrogen (secondary N) is 1. The molecular formula is C24H26N2O6S. The van der Waals surface area contributed by atoms with Crippen molar-refractivity contribution in [3.8, 4) is 17.2 Å². The number of benzene rings is 3. The van der Waals surface area contributed by atoms with Crippen LogP contribution in [0.1, 0.15) is 10.4 Å². The van der Waals surface area contributed by atoms with Gasteiger partial charge in [-0.3, -0.25) is 9.52 Å². The number of carbonyl (C=O) groups excluding carboxylic acids is 1. The number of hydrogen-bond acceptors (Lipinski definition) is 6. The van der Waals surface area contributed by atoms with E-state index < -0.39 is 10.0 Å². The molecular weight excluding hydrogens is 444 g/mol. The van der Waals surface area contributed by atoms with Gasteiger partial charge in [-0.1, -0.05) is 24.3 Å². The Balaban J connectivity index is 1.62. The van der Waals surface area contributed by atoms with E-state index in [-0.39, 0.29) is 17.4 Å². The van der Waals surface area contributed by atoms with Crippen LogP contribution in [-0.4, -0.2) is 53.6 Å². The van der Waals surface area contributed by atoms with Crippen LogP contribution in [0.25, 0.3) is 0 Å². The lowest BCUT2D eigenvalue weighted by Gasteiger charge is -2.18. The first-order chi connectivity index (χ1) is 15.9. The molecule has 0 heterocycles. The molecule has 0 spiro atoms. The highest BCUT2D eigenvalue weighted by molar-refractivity contribution is 7.92. The third-order valence-corrected chi connectivity index (χ3v) is 6.24. The smallest absolute Gasteiger partial charge is 0.262 e. The number of amides is 1. The monoisotopic (exact) mass is 470 g/mol. The fraction of sp³-hybridized carbons (Fsp3) is 0.208. The van der Waals surface area contributed by atoms with Crippen LogP contribution in [0.3, 0.4) is 0 Å². The molecule has 0 aliphatic heterocycles. The molecule has 33 heavy (non-hydrogen) atoms. The Kier molecular flexibility index (Phi) is 7.78. The van der Waals surface area contributed by atoms with E-state index in [1.54, 1.807) is 50.6 Å². The third-order valence-electron chi connectivity index (χ3n) is 4.86. The average molecular weight is 471 g/mol. The number of rotatable bonds is 10. The summed E-state index contributed by atoms with van der Waals surface area (Å²) in [5.41, 5.74) is 0.695. The van der Waals surface area contributed by atoms with E-state index in [1.165, 1.54) is 36.3 Å². The molecule has 0 aliphatic rings. The van der Waals surface area contributed by atoms with Gasteiger partial charge in [-0.05, 0) is 48.5 Å². The number of ether oxygens (including phenoxy) is 3. The molecule has 8 nitrogen and oxygen atoms in total. The average Bonchev–Trinajstić information content (AvgIpc) is 2.84. The molecule has 3 rings (SSSR count). The van der Waals surface area contributed by atoms with Crippen LogP contribution in [-0.2, 0) is 10.0 Å². The zero-order valence-corrected chi connectivity index (χ0v) is 19.5. The molecule has 0 saturated heterocycles. The van der Waals surface area contributed by atoms with E-state index in [0.717, 1.165) is 0 Å². The molecule has 0 bridgehead atoms. The summed E-state index contributed by atoms with van der Waals surface area (Å²) in [6.45, 7) is 0.615. The van der Waals surface area contributed by atoms with Crippen LogP contribution in [0, 0.1) is 0 Å². The molecule has 174 valence electrons. The normalized spacial score (nSPS) is 10.9. The van der Waals surface area contributed by atoms with Gasteiger partial charge in [0.2, 0.25) is 0 Å². The topological polar surface area (TPSA) is 94.2 Å². The number of methoxy groups -OCH3 is 2. The molecule has 3 aromatic carbocycles. The Bertz CT molecular complexity index is 1200. The van der Waals surface area contributed by atoms with Crippen molar-refractivity contribution >= 4 is 21.6 Å². The maximum absolute atomic E-state index is 12.7. The molecule has 0 radical (unpaired) electrons. The first-order valence-corrected chi connectivity index (χ1v) is 11.6. The van der Waals surface area contributed by atoms with Crippen molar-refractivity contribution in [3.05, 3.63) is 78.4 Å². The molecule has 0 aliphatic carbocycles. The Hall–Kier alpha value is -3.72. The van der Waals surface area contributed by atoms with Crippen molar-refractivity contribution in [2.24, 2.45) is 0 Å². The third kappa shape index (κ3) is 5.95. The molecule has 0 atom stereocenters. The fourth-order valence-corrected chi connectivity index (χ4v) is 4.13. The number of nitrogens with zero attached hydrogens (tertiary/aromatic N) is 1. The van der Waals surface area contributed by atoms with Gasteiger partial charge in [-0.25, -0.2) is 8.42 Å². The Morgan fingerprint density at radius 1 is 0.848 bits per heavy atom. The van der Waals surface area contributed by atoms with Gasteiger partial charge in [0.1, 0.15) is 12.4 Å². The number of hydrogen-bond donors (Lipinski definition) is 1. The Labute approximate surface area is 193 Å². The first-order valence-electron chi connectivity index (χ1n) is 10.1. The van der Waals surface area contributed by atoms with Crippen LogP contribution in [0.5, 0.6) is 17.2 Å². The number of likely N-dealkylation sites (N-methyl/N-ethyl adjacent to an activating group) is 1. The Morgan fingerprint density at radius 2 is 1.42 bits per heavy atom. The van der Waals surface area contributed by atoms with E-state index in [9.17, 15) is 13.2 Å². The lowest BCUT2D eigenvalue weighted by Crippen LogP contribution is -2.31. The van der Waals surface area contributed by atoms with Crippen LogP contribution in [0.2, 0.25) is 0 Å². The number of anilines is 1. The zero-order valence-electron chi connectivity index (χ0n) is 18.6. The summed E-state index contributed by atoms with van der Waals surface area (Å²) in [4.78, 5) is 14.3. The van der Waals surface area contributed by atoms with Gasteiger partial charge in [0.15, 0.2) is 11.5 Å². The van der Waals surface area contributed by atoms with Crippen molar-refractivity contribution in [3.63, 3.8) is 0 Å². The standard InChI is InChI=1S/C24H26N2O6S/c1-26(16-17-32-23-11-7-6-10-22(23)31-3)24(27)18-12-14-19(15-13-18)33(28,29)25-20-8-4-5-9-21(20)30-2/h4-15,25H,16-17H2,1-3H3. The van der Waals surface area contributed by atoms with Gasteiger partial charge >= 0.3 is 0 Å². The summed E-state index contributed by atoms with van der Waals surface area (Å²) in [6.07, 6.45) is 0. The van der Waals surface area contributed by atoms with Gasteiger partial charge in [0, 0.05) is 12.6 Å². The van der Waals surface area contributed by atoms with Crippen LogP contribution < -0.4 is 18.9 Å². The quantitative estimate of drug-likeness (QED) is 0.486. The van der Waals surface area contributed by atoms with Crippen molar-refractivity contribution in [1.82, 2.24) is 4.90 Å². The van der Waals surface area contributed by atoms with Gasteiger partial charge in [0.25, 0.3) is 15.9 Å². The minimum atomic E-state index is -3.85. The summed E-state index contributed by atoms with van der Waals surface area (Å²) in [5, 5.41) is 0. The Morgan fingerprint density at radius 3 is 2.06 bits per heavy atom. The van der Waals surface area contributed by atoms with Gasteiger partial charge < -0.3 is 19.1 Å². The molecule has 1 amide bonds. The van der Waals surface area contributed by atoms with Crippen molar-refractivity contribution in [2.75, 3.05) is 39.1 Å². The summed E-state index contributed by atoms with van der Waals surface area (Å²) in [5.74, 6) is 1.37. The van der Waals surface area contributed by atoms with Crippen molar-refractivity contribution in [1.29, 1.82) is 0 Å². The minimum Gasteiger partial charge on any atom is -0.495 e. The van der Waals surface area contributed by atoms with Gasteiger partial charge in [-0.15, -0.1) is 0 Å². The van der Waals surface area contributed by atoms with Crippen LogP contribution in [0.15, 0.2) is 77.7 Å². The molecule has 1 N–H and O–H groups in total. The van der Waals surface area contributed by atoms with Crippen LogP contribution in [0.4, 0.5) is 5.69 Å². The minimum absolute atomic E-state index is 0.0344. The van der Waals surface area contributed by atoms with Crippen molar-refractivity contribution in [2.45, 2.75) is 4.90 Å². The van der Waals surface area contributed by atoms with Gasteiger partial charge in [-0.2, -0.15) is 0 Å². The fourth-order valence-electron chi connectivity index (χ4n) is 3.06. The van der Waals surface area contributed by atoms with E-state index in [0.29, 0.717) is 35.0 Å². The summed E-state index contributed by atoms with van der Waals surface area (Å²) < 4.78 is 44.1. The predicted octanol–water partition coefficient (Wildman–Crippen LogP) is 3.66. The molecule has 0 unspecified atom stereocenters. The summed E-state index contributed by atoms with van der Waals surface area (Å²) in [7, 11) is 0.835. The van der Waals surface area contributed by atoms with E-state index >= 15 is 0 Å². The SMILES string of the molecule is COc1ccccc1NS(=O)(=O)c1ccc(C(=O)N(C)CCOc2ccccc2OC)cc1. The number of para-hydroxylation sites is 4. The number of sulfonamides is 1. The second-order valence-electron chi connectivity index (χ2n) is 7.06. The van der Waals surface area contributed by atoms with Gasteiger partial charge in [0.05, 0.1) is 31.3 Å². The van der Waals surface area contributed by atoms with Crippen LogP contribution >= 0.6 is 0 Å². The highest BCUT2D eigenvalue weighted by atomic mass is 32.2. The largest absolute Gasteiger partial charge is 0.495 e. The second kappa shape index (κ2) is 10.7. The maximum atomic E-state index is 12.7. The van der Waals surface area contributed by atoms with E-state index in [1.807, 2.05) is 12.1 Å². The van der Waals surface area contributed by atoms with E-state index in [2.05, 4.69) is 4.72 Å².